The van der Waals surface area contributed by atoms with Gasteiger partial charge in [0.1, 0.15) is 70.3 Å². The number of β-amino-alcohol motifs (C(OH)–C–C–N with tert-alkyl or cyclic N) is 1. The third-order valence-corrected chi connectivity index (χ3v) is 15.6. The Morgan fingerprint density at radius 3 is 1.38 bits per heavy atom. The van der Waals surface area contributed by atoms with Crippen LogP contribution in [0.3, 0.4) is 0 Å². The molecule has 0 bridgehead atoms. The summed E-state index contributed by atoms with van der Waals surface area (Å²) < 4.78 is 186. The molecule has 9 aromatic rings. The lowest BCUT2D eigenvalue weighted by atomic mass is 9.83. The maximum Gasteiger partial charge on any atom is 0.439 e. The van der Waals surface area contributed by atoms with E-state index >= 15 is 0 Å². The summed E-state index contributed by atoms with van der Waals surface area (Å²) in [4.78, 5) is 35.9. The number of aliphatic hydroxyl groups excluding tert-OH is 1. The second-order valence-corrected chi connectivity index (χ2v) is 22.9. The molecule has 7 heterocycles. The maximum atomic E-state index is 12.8. The largest absolute Gasteiger partial charge is 0.495 e. The summed E-state index contributed by atoms with van der Waals surface area (Å²) in [6.07, 6.45) is -11.1. The number of hydrogen-bond donors (Lipinski definition) is 4. The van der Waals surface area contributed by atoms with E-state index < -0.39 is 59.8 Å². The van der Waals surface area contributed by atoms with Crippen molar-refractivity contribution in [2.24, 2.45) is 0 Å². The molecule has 4 aromatic carbocycles. The topological polar surface area (TPSA) is 313 Å². The smallest absolute Gasteiger partial charge is 0.439 e. The highest BCUT2D eigenvalue weighted by molar-refractivity contribution is 6.55. The fourth-order valence-corrected chi connectivity index (χ4v) is 10.1. The van der Waals surface area contributed by atoms with Gasteiger partial charge < -0.3 is 49.1 Å². The highest BCUT2D eigenvalue weighted by Crippen LogP contribution is 2.38. The predicted octanol–water partition coefficient (Wildman–Crippen LogP) is 12.8. The molecule has 572 valence electrons. The molecule has 2 aliphatic rings. The van der Waals surface area contributed by atoms with Gasteiger partial charge in [-0.05, 0) is 115 Å². The van der Waals surface area contributed by atoms with Gasteiger partial charge in [-0.25, -0.2) is 14.8 Å². The Morgan fingerprint density at radius 1 is 0.565 bits per heavy atom. The van der Waals surface area contributed by atoms with Crippen LogP contribution in [0, 0.1) is 34.0 Å². The van der Waals surface area contributed by atoms with Crippen LogP contribution in [-0.2, 0) is 47.0 Å². The van der Waals surface area contributed by atoms with E-state index in [2.05, 4.69) is 44.4 Å². The Labute approximate surface area is 615 Å². The number of methoxy groups -OCH3 is 3. The number of nitrogens with one attached hydrogen (secondary N) is 1. The maximum absolute atomic E-state index is 12.8. The number of nitrogen functional groups attached to an aromatic ring is 1. The fourth-order valence-electron chi connectivity index (χ4n) is 9.91. The zero-order valence-corrected chi connectivity index (χ0v) is 58.7. The molecule has 11 rings (SSSR count). The summed E-state index contributed by atoms with van der Waals surface area (Å²) in [5.74, 6) is 1.04. The molecule has 5 aromatic heterocycles. The quantitative estimate of drug-likeness (QED) is 0.0285. The number of nitriles is 3. The van der Waals surface area contributed by atoms with E-state index in [4.69, 9.17) is 61.4 Å². The van der Waals surface area contributed by atoms with E-state index in [9.17, 15) is 67.8 Å². The number of anilines is 3. The van der Waals surface area contributed by atoms with Crippen LogP contribution < -0.4 is 35.2 Å². The number of ether oxygens (including phenoxy) is 6. The number of halogens is 13. The van der Waals surface area contributed by atoms with Gasteiger partial charge in [0.25, 0.3) is 0 Å². The number of hydrogen-bond acceptors (Lipinski definition) is 22. The molecule has 0 unspecified atom stereocenters. The number of morpholine rings is 2. The number of benzene rings is 4. The van der Waals surface area contributed by atoms with E-state index in [0.717, 1.165) is 94.5 Å². The molecular weight excluding hydrogens is 1470 g/mol. The van der Waals surface area contributed by atoms with Crippen molar-refractivity contribution >= 4 is 35.8 Å². The number of alkyl halides is 12. The monoisotopic (exact) mass is 1540 g/mol. The zero-order valence-electron chi connectivity index (χ0n) is 57.9. The van der Waals surface area contributed by atoms with Gasteiger partial charge in [-0.2, -0.15) is 68.5 Å². The van der Waals surface area contributed by atoms with Crippen LogP contribution in [-0.4, -0.2) is 157 Å². The Hall–Kier alpha value is -11.0. The molecule has 5 N–H and O–H groups in total. The Bertz CT molecular complexity index is 4470. The Morgan fingerprint density at radius 2 is 0.963 bits per heavy atom. The molecule has 108 heavy (non-hydrogen) atoms. The minimum Gasteiger partial charge on any atom is -0.495 e. The van der Waals surface area contributed by atoms with Gasteiger partial charge in [0, 0.05) is 88.3 Å². The first-order chi connectivity index (χ1) is 51.4. The van der Waals surface area contributed by atoms with E-state index in [1.54, 1.807) is 24.4 Å². The molecule has 0 atom stereocenters. The van der Waals surface area contributed by atoms with Crippen molar-refractivity contribution in [1.29, 1.82) is 15.8 Å². The van der Waals surface area contributed by atoms with Gasteiger partial charge in [0.15, 0.2) is 11.0 Å². The molecule has 2 saturated heterocycles. The van der Waals surface area contributed by atoms with Crippen molar-refractivity contribution in [3.05, 3.63) is 223 Å². The summed E-state index contributed by atoms with van der Waals surface area (Å²) >= 11 is 5.59. The zero-order chi connectivity index (χ0) is 79.2. The van der Waals surface area contributed by atoms with Crippen LogP contribution >= 0.6 is 11.6 Å². The number of H-pyrrole nitrogens is 1. The van der Waals surface area contributed by atoms with Crippen molar-refractivity contribution in [2.75, 3.05) is 111 Å². The number of aliphatic hydroxyl groups is 1. The number of aromatic amines is 1. The van der Waals surface area contributed by atoms with E-state index in [0.29, 0.717) is 82.9 Å². The van der Waals surface area contributed by atoms with Crippen molar-refractivity contribution in [2.45, 2.75) is 44.4 Å². The number of nitrogens with zero attached hydrogens (tertiary/aromatic N) is 11. The predicted molar refractivity (Wildman–Crippen MR) is 371 cm³/mol. The second-order valence-electron chi connectivity index (χ2n) is 22.5. The Kier molecular flexibility index (Phi) is 32.8. The molecular formula is C71H69BClF12N13O10. The van der Waals surface area contributed by atoms with Gasteiger partial charge in [0.2, 0.25) is 0 Å². The summed E-state index contributed by atoms with van der Waals surface area (Å²) in [5, 5.41) is 49.6. The first-order valence-corrected chi connectivity index (χ1v) is 32.5. The van der Waals surface area contributed by atoms with Crippen molar-refractivity contribution in [3.63, 3.8) is 0 Å². The normalized spacial score (nSPS) is 13.0. The molecule has 0 aliphatic carbocycles. The molecule has 2 aliphatic heterocycles. The fraction of sp³-hybridized carbons (Fsp3) is 0.310. The average Bonchev–Trinajstić information content (AvgIpc) is 1.50. The minimum absolute atomic E-state index is 0.0702. The van der Waals surface area contributed by atoms with E-state index in [1.165, 1.54) is 106 Å². The van der Waals surface area contributed by atoms with Crippen LogP contribution in [0.5, 0.6) is 23.0 Å². The van der Waals surface area contributed by atoms with Crippen molar-refractivity contribution in [3.8, 4) is 52.6 Å². The first kappa shape index (κ1) is 85.9. The first-order valence-electron chi connectivity index (χ1n) is 32.1. The third-order valence-electron chi connectivity index (χ3n) is 15.3. The third kappa shape index (κ3) is 26.2. The van der Waals surface area contributed by atoms with Crippen LogP contribution in [0.4, 0.5) is 69.9 Å². The van der Waals surface area contributed by atoms with E-state index in [1.807, 2.05) is 18.2 Å². The number of rotatable bonds is 17. The van der Waals surface area contributed by atoms with E-state index in [-0.39, 0.29) is 58.8 Å². The highest BCUT2D eigenvalue weighted by atomic mass is 35.5. The average molecular weight is 1540 g/mol. The second kappa shape index (κ2) is 41.2. The molecule has 23 nitrogen and oxygen atoms in total. The molecule has 37 heteroatoms. The lowest BCUT2D eigenvalue weighted by Gasteiger charge is -2.26. The highest BCUT2D eigenvalue weighted by Gasteiger charge is 2.34. The molecule has 0 radical (unpaired) electrons. The van der Waals surface area contributed by atoms with Gasteiger partial charge in [0.05, 0.1) is 93.6 Å². The summed E-state index contributed by atoms with van der Waals surface area (Å²) in [7, 11) is 3.17. The molecule has 0 amide bonds. The van der Waals surface area contributed by atoms with Crippen LogP contribution in [0.1, 0.15) is 61.5 Å². The van der Waals surface area contributed by atoms with Gasteiger partial charge in [-0.3, -0.25) is 29.3 Å². The summed E-state index contributed by atoms with van der Waals surface area (Å²) in [6.45, 7) is 10.1. The number of nitrogens with two attached hydrogens (primary N) is 1. The summed E-state index contributed by atoms with van der Waals surface area (Å²) in [5.41, 5.74) is 6.15. The lowest BCUT2D eigenvalue weighted by Crippen LogP contribution is -2.38. The van der Waals surface area contributed by atoms with Gasteiger partial charge in [-0.1, -0.05) is 41.0 Å². The molecule has 0 saturated carbocycles. The van der Waals surface area contributed by atoms with Gasteiger partial charge in [-0.15, -0.1) is 0 Å². The Balaban J connectivity index is 0.000000214. The number of aromatic nitrogens is 6. The van der Waals surface area contributed by atoms with Crippen molar-refractivity contribution < 1.29 is 95.8 Å². The number of pyridine rings is 4. The summed E-state index contributed by atoms with van der Waals surface area (Å²) in [6, 6.07) is 30.3. The van der Waals surface area contributed by atoms with Crippen LogP contribution in [0.2, 0.25) is 12.0 Å². The van der Waals surface area contributed by atoms with Gasteiger partial charge >= 0.3 is 37.5 Å². The van der Waals surface area contributed by atoms with Crippen LogP contribution in [0.25, 0.3) is 11.4 Å². The minimum atomic E-state index is -4.46. The molecule has 0 spiro atoms. The standard InChI is InChI=1S/C21H21F3N4O4.C15H13BF3N3O2.C15H11F3N2O.C7H5ClN2O.C7H6F3N.C6H13NO2/c22-21(23,24)15-3-1-14(2-4-15)13-16-18(19-26-20(29)32-27-19)17(5-6-25-16)31-12-9-28-7-10-30-11-8-28;1-16(23)22(11-5-3-10(4-6-11)15(17,18)19)14-12(9-20)13(24-2)7-8-21-14;1-21-14-6-7-20-13(12(14)9-19)8-10-2-4-11(5-3-10)15(16,17)18;1-11-6-2-3-10-7(8)5(6)4-9;8-7(9,10)5-1-3-6(11)4-2-5;8-4-1-7-2-5-9-6-3-7/h1-6H,7-13H2,(H,26,27,29);3-8,23H,1-2H3;2-7H,8H2,1H3;2-3H,1H3;1-4H,11H2;8H,1-6H2. The van der Waals surface area contributed by atoms with Crippen molar-refractivity contribution in [1.82, 2.24) is 39.9 Å². The lowest BCUT2D eigenvalue weighted by molar-refractivity contribution is -0.138. The van der Waals surface area contributed by atoms with Crippen LogP contribution in [0.15, 0.2) is 155 Å². The SMILES string of the molecule is COc1ccnc(Cc2ccc(C(F)(F)F)cc2)c1C#N.COc1ccnc(Cl)c1C#N.COc1ccnc(N(B(C)O)c2ccc(C(F)(F)F)cc2)c1C#N.Nc1ccc(C(F)(F)F)cc1.O=c1[nH]c(-c2c(OCCN3CCOCC3)ccnc2Cc2ccc(C(F)(F)F)cc2)no1.OCCN1CCOCC1. The molecule has 2 fully saturated rings.